The van der Waals surface area contributed by atoms with Crippen molar-refractivity contribution in [3.8, 4) is 11.1 Å². The minimum Gasteiger partial charge on any atom is -0.326 e. The Morgan fingerprint density at radius 1 is 1.00 bits per heavy atom. The normalized spacial score (nSPS) is 10.9. The maximum Gasteiger partial charge on any atom is 0.0233 e. The van der Waals surface area contributed by atoms with Crippen LogP contribution in [0.25, 0.3) is 11.1 Å². The number of hydrogen-bond acceptors (Lipinski definition) is 2. The topological polar surface area (TPSA) is 29.3 Å². The third kappa shape index (κ3) is 2.97. The quantitative estimate of drug-likeness (QED) is 0.890. The standard InChI is InChI=1S/C16H20N2/c1-18(2)12-15-7-3-4-9-16(15)14-8-5-6-13(10-14)11-17/h3-10H,11-12,17H2,1-2H3. The van der Waals surface area contributed by atoms with E-state index in [0.29, 0.717) is 6.54 Å². The Hall–Kier alpha value is -1.64. The molecule has 0 bridgehead atoms. The Morgan fingerprint density at radius 3 is 2.50 bits per heavy atom. The molecule has 0 aliphatic rings. The van der Waals surface area contributed by atoms with Crippen molar-refractivity contribution in [2.24, 2.45) is 5.73 Å². The van der Waals surface area contributed by atoms with E-state index in [1.165, 1.54) is 22.3 Å². The van der Waals surface area contributed by atoms with E-state index < -0.39 is 0 Å². The first kappa shape index (κ1) is 12.8. The average molecular weight is 240 g/mol. The summed E-state index contributed by atoms with van der Waals surface area (Å²) in [6.07, 6.45) is 0. The van der Waals surface area contributed by atoms with Gasteiger partial charge >= 0.3 is 0 Å². The molecule has 0 atom stereocenters. The summed E-state index contributed by atoms with van der Waals surface area (Å²) in [6, 6.07) is 17.0. The lowest BCUT2D eigenvalue weighted by molar-refractivity contribution is 0.403. The Morgan fingerprint density at radius 2 is 1.78 bits per heavy atom. The van der Waals surface area contributed by atoms with Crippen molar-refractivity contribution in [1.82, 2.24) is 4.90 Å². The van der Waals surface area contributed by atoms with Crippen molar-refractivity contribution in [3.63, 3.8) is 0 Å². The van der Waals surface area contributed by atoms with Crippen LogP contribution in [0.3, 0.4) is 0 Å². The van der Waals surface area contributed by atoms with Gasteiger partial charge in [-0.3, -0.25) is 0 Å². The molecule has 2 heteroatoms. The molecule has 2 N–H and O–H groups in total. The lowest BCUT2D eigenvalue weighted by Gasteiger charge is -2.14. The Kier molecular flexibility index (Phi) is 4.13. The van der Waals surface area contributed by atoms with E-state index >= 15 is 0 Å². The van der Waals surface area contributed by atoms with Crippen LogP contribution in [0.4, 0.5) is 0 Å². The molecule has 0 radical (unpaired) electrons. The van der Waals surface area contributed by atoms with Crippen molar-refractivity contribution < 1.29 is 0 Å². The van der Waals surface area contributed by atoms with Crippen LogP contribution < -0.4 is 5.73 Å². The molecule has 0 saturated carbocycles. The fourth-order valence-electron chi connectivity index (χ4n) is 2.15. The van der Waals surface area contributed by atoms with Gasteiger partial charge in [-0.1, -0.05) is 42.5 Å². The number of rotatable bonds is 4. The molecule has 18 heavy (non-hydrogen) atoms. The summed E-state index contributed by atoms with van der Waals surface area (Å²) in [7, 11) is 4.18. The van der Waals surface area contributed by atoms with Crippen molar-refractivity contribution in [2.75, 3.05) is 14.1 Å². The maximum atomic E-state index is 5.71. The SMILES string of the molecule is CN(C)Cc1ccccc1-c1cccc(CN)c1. The summed E-state index contributed by atoms with van der Waals surface area (Å²) in [5.74, 6) is 0. The highest BCUT2D eigenvalue weighted by atomic mass is 15.0. The first-order valence-electron chi connectivity index (χ1n) is 6.22. The third-order valence-corrected chi connectivity index (χ3v) is 2.98. The van der Waals surface area contributed by atoms with Gasteiger partial charge in [0.1, 0.15) is 0 Å². The van der Waals surface area contributed by atoms with Gasteiger partial charge in [0.25, 0.3) is 0 Å². The molecule has 2 nitrogen and oxygen atoms in total. The molecule has 94 valence electrons. The molecule has 0 aliphatic heterocycles. The predicted molar refractivity (Wildman–Crippen MR) is 77.2 cm³/mol. The first-order chi connectivity index (χ1) is 8.70. The maximum absolute atomic E-state index is 5.71. The Balaban J connectivity index is 2.42. The third-order valence-electron chi connectivity index (χ3n) is 2.98. The second kappa shape index (κ2) is 5.80. The summed E-state index contributed by atoms with van der Waals surface area (Å²) in [4.78, 5) is 2.19. The van der Waals surface area contributed by atoms with Crippen molar-refractivity contribution >= 4 is 0 Å². The second-order valence-electron chi connectivity index (χ2n) is 4.80. The van der Waals surface area contributed by atoms with E-state index in [2.05, 4.69) is 67.5 Å². The monoisotopic (exact) mass is 240 g/mol. The molecule has 0 aliphatic carbocycles. The second-order valence-corrected chi connectivity index (χ2v) is 4.80. The highest BCUT2D eigenvalue weighted by Gasteiger charge is 2.05. The Bertz CT molecular complexity index is 518. The van der Waals surface area contributed by atoms with E-state index in [-0.39, 0.29) is 0 Å². The van der Waals surface area contributed by atoms with Gasteiger partial charge in [0.05, 0.1) is 0 Å². The molecule has 0 unspecified atom stereocenters. The molecule has 0 saturated heterocycles. The van der Waals surface area contributed by atoms with Crippen LogP contribution in [0, 0.1) is 0 Å². The number of hydrogen-bond donors (Lipinski definition) is 1. The summed E-state index contributed by atoms with van der Waals surface area (Å²) < 4.78 is 0. The lowest BCUT2D eigenvalue weighted by Crippen LogP contribution is -2.11. The first-order valence-corrected chi connectivity index (χ1v) is 6.22. The van der Waals surface area contributed by atoms with Crippen molar-refractivity contribution in [3.05, 3.63) is 59.7 Å². The molecular weight excluding hydrogens is 220 g/mol. The minimum atomic E-state index is 0.587. The smallest absolute Gasteiger partial charge is 0.0233 e. The number of nitrogens with two attached hydrogens (primary N) is 1. The van der Waals surface area contributed by atoms with Crippen molar-refractivity contribution in [2.45, 2.75) is 13.1 Å². The molecule has 0 amide bonds. The van der Waals surface area contributed by atoms with Crippen LogP contribution >= 0.6 is 0 Å². The van der Waals surface area contributed by atoms with Crippen LogP contribution in [0.2, 0.25) is 0 Å². The molecule has 2 rings (SSSR count). The van der Waals surface area contributed by atoms with Gasteiger partial charge in [-0.05, 0) is 42.4 Å². The molecule has 2 aromatic rings. The zero-order valence-electron chi connectivity index (χ0n) is 11.1. The fourth-order valence-corrected chi connectivity index (χ4v) is 2.15. The molecule has 0 fully saturated rings. The largest absolute Gasteiger partial charge is 0.326 e. The van der Waals surface area contributed by atoms with E-state index in [1.54, 1.807) is 0 Å². The summed E-state index contributed by atoms with van der Waals surface area (Å²) in [5.41, 5.74) is 10.8. The highest BCUT2D eigenvalue weighted by molar-refractivity contribution is 5.68. The van der Waals surface area contributed by atoms with Gasteiger partial charge in [0.2, 0.25) is 0 Å². The predicted octanol–water partition coefficient (Wildman–Crippen LogP) is 2.87. The van der Waals surface area contributed by atoms with Gasteiger partial charge in [0.15, 0.2) is 0 Å². The molecule has 0 aromatic heterocycles. The van der Waals surface area contributed by atoms with Crippen LogP contribution in [0.1, 0.15) is 11.1 Å². The molecule has 0 heterocycles. The highest BCUT2D eigenvalue weighted by Crippen LogP contribution is 2.25. The number of nitrogens with zero attached hydrogens (tertiary/aromatic N) is 1. The summed E-state index contributed by atoms with van der Waals surface area (Å²) in [6.45, 7) is 1.53. The van der Waals surface area contributed by atoms with Gasteiger partial charge in [-0.25, -0.2) is 0 Å². The summed E-state index contributed by atoms with van der Waals surface area (Å²) >= 11 is 0. The van der Waals surface area contributed by atoms with Gasteiger partial charge in [0, 0.05) is 13.1 Å². The Labute approximate surface area is 109 Å². The molecule has 2 aromatic carbocycles. The van der Waals surface area contributed by atoms with Gasteiger partial charge in [-0.2, -0.15) is 0 Å². The van der Waals surface area contributed by atoms with Crippen LogP contribution in [-0.4, -0.2) is 19.0 Å². The van der Waals surface area contributed by atoms with E-state index in [1.807, 2.05) is 0 Å². The van der Waals surface area contributed by atoms with Crippen LogP contribution in [0.5, 0.6) is 0 Å². The molecular formula is C16H20N2. The fraction of sp³-hybridized carbons (Fsp3) is 0.250. The lowest BCUT2D eigenvalue weighted by atomic mass is 9.98. The summed E-state index contributed by atoms with van der Waals surface area (Å²) in [5, 5.41) is 0. The van der Waals surface area contributed by atoms with Crippen molar-refractivity contribution in [1.29, 1.82) is 0 Å². The number of benzene rings is 2. The van der Waals surface area contributed by atoms with Gasteiger partial charge in [-0.15, -0.1) is 0 Å². The van der Waals surface area contributed by atoms with Gasteiger partial charge < -0.3 is 10.6 Å². The van der Waals surface area contributed by atoms with E-state index in [4.69, 9.17) is 5.73 Å². The molecule has 0 spiro atoms. The van der Waals surface area contributed by atoms with E-state index in [9.17, 15) is 0 Å². The minimum absolute atomic E-state index is 0.587. The zero-order chi connectivity index (χ0) is 13.0. The zero-order valence-corrected chi connectivity index (χ0v) is 11.1. The van der Waals surface area contributed by atoms with Crippen LogP contribution in [-0.2, 0) is 13.1 Å². The average Bonchev–Trinajstić information content (AvgIpc) is 2.39. The van der Waals surface area contributed by atoms with E-state index in [0.717, 1.165) is 6.54 Å². The van der Waals surface area contributed by atoms with Crippen LogP contribution in [0.15, 0.2) is 48.5 Å².